The normalized spacial score (nSPS) is 10.4. The van der Waals surface area contributed by atoms with Gasteiger partial charge in [0.05, 0.1) is 9.26 Å². The zero-order valence-corrected chi connectivity index (χ0v) is 11.0. The first kappa shape index (κ1) is 12.4. The van der Waals surface area contributed by atoms with E-state index in [0.717, 1.165) is 15.0 Å². The number of halogens is 1. The monoisotopic (exact) mass is 285 g/mol. The number of benzene rings is 1. The Kier molecular flexibility index (Phi) is 4.04. The maximum absolute atomic E-state index is 10.5. The van der Waals surface area contributed by atoms with Gasteiger partial charge in [-0.2, -0.15) is 0 Å². The molecule has 0 unspecified atom stereocenters. The predicted octanol–water partition coefficient (Wildman–Crippen LogP) is 4.60. The quantitative estimate of drug-likeness (QED) is 0.468. The van der Waals surface area contributed by atoms with Crippen molar-refractivity contribution in [1.29, 1.82) is 0 Å². The summed E-state index contributed by atoms with van der Waals surface area (Å²) in [6, 6.07) is 10.4. The first-order valence-corrected chi connectivity index (χ1v) is 6.94. The van der Waals surface area contributed by atoms with Crippen molar-refractivity contribution in [3.63, 3.8) is 0 Å². The number of nitro benzene ring substituents is 1. The van der Waals surface area contributed by atoms with Crippen molar-refractivity contribution >= 4 is 40.4 Å². The zero-order valence-electron chi connectivity index (χ0n) is 8.63. The van der Waals surface area contributed by atoms with E-state index in [4.69, 9.17) is 11.6 Å². The van der Waals surface area contributed by atoms with E-state index in [1.54, 1.807) is 35.2 Å². The van der Waals surface area contributed by atoms with Crippen molar-refractivity contribution < 1.29 is 4.92 Å². The highest BCUT2D eigenvalue weighted by Gasteiger charge is 2.05. The Morgan fingerprint density at radius 1 is 1.24 bits per heavy atom. The van der Waals surface area contributed by atoms with E-state index >= 15 is 0 Å². The molecular formula is C11H8ClNO2S2. The van der Waals surface area contributed by atoms with Gasteiger partial charge in [0.25, 0.3) is 5.69 Å². The number of nitro groups is 1. The molecule has 1 aromatic heterocycles. The summed E-state index contributed by atoms with van der Waals surface area (Å²) < 4.78 is 0.782. The molecule has 1 aromatic carbocycles. The summed E-state index contributed by atoms with van der Waals surface area (Å²) in [5.74, 6) is 0.829. The van der Waals surface area contributed by atoms with Crippen molar-refractivity contribution in [1.82, 2.24) is 0 Å². The lowest BCUT2D eigenvalue weighted by Gasteiger charge is -1.99. The molecule has 0 amide bonds. The summed E-state index contributed by atoms with van der Waals surface area (Å²) in [5, 5.41) is 10.5. The Balaban J connectivity index is 1.97. The second kappa shape index (κ2) is 5.53. The molecule has 1 heterocycles. The standard InChI is InChI=1S/C11H8ClNO2S2/c12-11-6-5-10(17-11)7-16-9-3-1-8(2-4-9)13(14)15/h1-6H,7H2. The van der Waals surface area contributed by atoms with Crippen molar-refractivity contribution in [3.8, 4) is 0 Å². The molecule has 0 spiro atoms. The topological polar surface area (TPSA) is 43.1 Å². The minimum Gasteiger partial charge on any atom is -0.258 e. The minimum atomic E-state index is -0.395. The van der Waals surface area contributed by atoms with E-state index in [9.17, 15) is 10.1 Å². The summed E-state index contributed by atoms with van der Waals surface area (Å²) in [5.41, 5.74) is 0.119. The van der Waals surface area contributed by atoms with Crippen LogP contribution in [-0.2, 0) is 5.75 Å². The Hall–Kier alpha value is -1.04. The van der Waals surface area contributed by atoms with Gasteiger partial charge in [-0.25, -0.2) is 0 Å². The second-order valence-corrected chi connectivity index (χ2v) is 6.09. The Morgan fingerprint density at radius 2 is 1.94 bits per heavy atom. The van der Waals surface area contributed by atoms with Crippen LogP contribution in [0, 0.1) is 10.1 Å². The minimum absolute atomic E-state index is 0.119. The van der Waals surface area contributed by atoms with Gasteiger partial charge in [-0.15, -0.1) is 23.1 Å². The van der Waals surface area contributed by atoms with Gasteiger partial charge in [0.1, 0.15) is 0 Å². The average molecular weight is 286 g/mol. The van der Waals surface area contributed by atoms with Crippen LogP contribution < -0.4 is 0 Å². The fourth-order valence-electron chi connectivity index (χ4n) is 1.25. The lowest BCUT2D eigenvalue weighted by atomic mass is 10.3. The van der Waals surface area contributed by atoms with E-state index < -0.39 is 4.92 Å². The SMILES string of the molecule is O=[N+]([O-])c1ccc(SCc2ccc(Cl)s2)cc1. The van der Waals surface area contributed by atoms with Crippen LogP contribution in [0.2, 0.25) is 4.34 Å². The largest absolute Gasteiger partial charge is 0.269 e. The second-order valence-electron chi connectivity index (χ2n) is 3.25. The van der Waals surface area contributed by atoms with Crippen LogP contribution >= 0.6 is 34.7 Å². The number of hydrogen-bond donors (Lipinski definition) is 0. The average Bonchev–Trinajstić information content (AvgIpc) is 2.73. The van der Waals surface area contributed by atoms with Gasteiger partial charge in [0.15, 0.2) is 0 Å². The van der Waals surface area contributed by atoms with Crippen LogP contribution in [0.3, 0.4) is 0 Å². The van der Waals surface area contributed by atoms with Crippen LogP contribution in [0.1, 0.15) is 4.88 Å². The van der Waals surface area contributed by atoms with Gasteiger partial charge in [-0.1, -0.05) is 11.6 Å². The van der Waals surface area contributed by atoms with Crippen LogP contribution in [0.15, 0.2) is 41.3 Å². The summed E-state index contributed by atoms with van der Waals surface area (Å²) in [6.45, 7) is 0. The number of non-ortho nitro benzene ring substituents is 1. The first-order chi connectivity index (χ1) is 8.15. The number of nitrogens with zero attached hydrogens (tertiary/aromatic N) is 1. The molecule has 17 heavy (non-hydrogen) atoms. The smallest absolute Gasteiger partial charge is 0.258 e. The Labute approximate surface area is 112 Å². The van der Waals surface area contributed by atoms with Crippen LogP contribution in [0.4, 0.5) is 5.69 Å². The van der Waals surface area contributed by atoms with Crippen LogP contribution in [0.25, 0.3) is 0 Å². The van der Waals surface area contributed by atoms with E-state index in [2.05, 4.69) is 0 Å². The number of thiophene rings is 1. The van der Waals surface area contributed by atoms with E-state index in [1.165, 1.54) is 17.0 Å². The summed E-state index contributed by atoms with van der Waals surface area (Å²) in [4.78, 5) is 12.3. The highest BCUT2D eigenvalue weighted by molar-refractivity contribution is 7.98. The summed E-state index contributed by atoms with van der Waals surface area (Å²) in [7, 11) is 0. The molecule has 0 aliphatic rings. The fourth-order valence-corrected chi connectivity index (χ4v) is 3.28. The molecule has 0 aliphatic heterocycles. The number of thioether (sulfide) groups is 1. The van der Waals surface area contributed by atoms with E-state index in [1.807, 2.05) is 12.1 Å². The Morgan fingerprint density at radius 3 is 2.47 bits per heavy atom. The zero-order chi connectivity index (χ0) is 12.3. The summed E-state index contributed by atoms with van der Waals surface area (Å²) in [6.07, 6.45) is 0. The van der Waals surface area contributed by atoms with Gasteiger partial charge < -0.3 is 0 Å². The summed E-state index contributed by atoms with van der Waals surface area (Å²) >= 11 is 9.02. The molecule has 0 N–H and O–H groups in total. The molecule has 0 saturated heterocycles. The third-order valence-electron chi connectivity index (χ3n) is 2.06. The van der Waals surface area contributed by atoms with Gasteiger partial charge in [0.2, 0.25) is 0 Å². The molecule has 0 fully saturated rings. The lowest BCUT2D eigenvalue weighted by Crippen LogP contribution is -1.86. The molecule has 88 valence electrons. The third-order valence-corrected chi connectivity index (χ3v) is 4.53. The maximum atomic E-state index is 10.5. The van der Waals surface area contributed by atoms with Crippen molar-refractivity contribution in [3.05, 3.63) is 55.7 Å². The van der Waals surface area contributed by atoms with Gasteiger partial charge in [-0.3, -0.25) is 10.1 Å². The first-order valence-electron chi connectivity index (χ1n) is 4.76. The lowest BCUT2D eigenvalue weighted by molar-refractivity contribution is -0.384. The van der Waals surface area contributed by atoms with E-state index in [-0.39, 0.29) is 5.69 Å². The molecule has 3 nitrogen and oxygen atoms in total. The van der Waals surface area contributed by atoms with Crippen molar-refractivity contribution in [2.75, 3.05) is 0 Å². The molecular weight excluding hydrogens is 278 g/mol. The maximum Gasteiger partial charge on any atom is 0.269 e. The third kappa shape index (κ3) is 3.46. The van der Waals surface area contributed by atoms with Gasteiger partial charge in [-0.05, 0) is 24.3 Å². The van der Waals surface area contributed by atoms with Crippen LogP contribution in [-0.4, -0.2) is 4.92 Å². The van der Waals surface area contributed by atoms with Gasteiger partial charge >= 0.3 is 0 Å². The van der Waals surface area contributed by atoms with Crippen molar-refractivity contribution in [2.45, 2.75) is 10.6 Å². The van der Waals surface area contributed by atoms with E-state index in [0.29, 0.717) is 0 Å². The molecule has 6 heteroatoms. The molecule has 2 rings (SSSR count). The fraction of sp³-hybridized carbons (Fsp3) is 0.0909. The molecule has 2 aromatic rings. The predicted molar refractivity (Wildman–Crippen MR) is 72.0 cm³/mol. The number of hydrogen-bond acceptors (Lipinski definition) is 4. The molecule has 0 bridgehead atoms. The highest BCUT2D eigenvalue weighted by Crippen LogP contribution is 2.29. The molecule has 0 atom stereocenters. The van der Waals surface area contributed by atoms with Crippen molar-refractivity contribution in [2.24, 2.45) is 0 Å². The molecule has 0 aliphatic carbocycles. The Bertz CT molecular complexity index is 525. The highest BCUT2D eigenvalue weighted by atomic mass is 35.5. The molecule has 0 saturated carbocycles. The van der Waals surface area contributed by atoms with Gasteiger partial charge in [0, 0.05) is 27.7 Å². The number of rotatable bonds is 4. The molecule has 0 radical (unpaired) electrons. The van der Waals surface area contributed by atoms with Crippen LogP contribution in [0.5, 0.6) is 0 Å².